The van der Waals surface area contributed by atoms with Gasteiger partial charge in [0, 0.05) is 12.6 Å². The number of hydrogen-bond acceptors (Lipinski definition) is 2. The zero-order valence-corrected chi connectivity index (χ0v) is 16.7. The zero-order chi connectivity index (χ0) is 17.6. The van der Waals surface area contributed by atoms with Gasteiger partial charge in [-0.3, -0.25) is 9.89 Å². The molecule has 2 rings (SSSR count). The number of nitrogens with one attached hydrogen (secondary N) is 1. The second-order valence-corrected chi connectivity index (χ2v) is 6.02. The highest BCUT2D eigenvalue weighted by Gasteiger charge is 2.29. The van der Waals surface area contributed by atoms with Gasteiger partial charge in [-0.2, -0.15) is 13.2 Å². The Morgan fingerprint density at radius 3 is 2.60 bits per heavy atom. The maximum atomic E-state index is 12.5. The van der Waals surface area contributed by atoms with Gasteiger partial charge in [-0.05, 0) is 50.0 Å². The predicted octanol–water partition coefficient (Wildman–Crippen LogP) is 3.25. The van der Waals surface area contributed by atoms with E-state index in [1.165, 1.54) is 18.6 Å². The van der Waals surface area contributed by atoms with Crippen LogP contribution in [0, 0.1) is 0 Å². The lowest BCUT2D eigenvalue weighted by molar-refractivity contribution is -0.137. The molecule has 0 amide bonds. The second-order valence-electron chi connectivity index (χ2n) is 6.02. The molecule has 1 saturated heterocycles. The summed E-state index contributed by atoms with van der Waals surface area (Å²) in [5, 5.41) is 3.02. The molecule has 0 aliphatic carbocycles. The van der Waals surface area contributed by atoms with Crippen LogP contribution in [0.2, 0.25) is 0 Å². The summed E-state index contributed by atoms with van der Waals surface area (Å²) in [7, 11) is 0. The Labute approximate surface area is 164 Å². The molecule has 1 aliphatic heterocycles. The van der Waals surface area contributed by atoms with Gasteiger partial charge in [0.15, 0.2) is 5.96 Å². The molecular formula is C17H26F3IN4. The van der Waals surface area contributed by atoms with Crippen LogP contribution in [0.3, 0.4) is 0 Å². The monoisotopic (exact) mass is 470 g/mol. The maximum Gasteiger partial charge on any atom is 0.416 e. The van der Waals surface area contributed by atoms with Gasteiger partial charge in [-0.25, -0.2) is 0 Å². The first-order valence-corrected chi connectivity index (χ1v) is 8.34. The van der Waals surface area contributed by atoms with E-state index in [0.717, 1.165) is 37.2 Å². The van der Waals surface area contributed by atoms with E-state index in [-0.39, 0.29) is 24.0 Å². The number of likely N-dealkylation sites (tertiary alicyclic amines) is 1. The summed E-state index contributed by atoms with van der Waals surface area (Å²) in [5.74, 6) is 0.393. The van der Waals surface area contributed by atoms with Crippen molar-refractivity contribution in [3.8, 4) is 0 Å². The van der Waals surface area contributed by atoms with Crippen LogP contribution >= 0.6 is 24.0 Å². The minimum atomic E-state index is -4.29. The number of halogens is 4. The molecule has 8 heteroatoms. The number of likely N-dealkylation sites (N-methyl/N-ethyl adjacent to an activating group) is 1. The van der Waals surface area contributed by atoms with Gasteiger partial charge in [-0.15, -0.1) is 24.0 Å². The Morgan fingerprint density at radius 1 is 1.32 bits per heavy atom. The lowest BCUT2D eigenvalue weighted by Gasteiger charge is -2.20. The predicted molar refractivity (Wildman–Crippen MR) is 105 cm³/mol. The molecule has 142 valence electrons. The summed E-state index contributed by atoms with van der Waals surface area (Å²) in [6.07, 6.45) is -1.34. The van der Waals surface area contributed by atoms with E-state index in [0.29, 0.717) is 31.5 Å². The fourth-order valence-electron chi connectivity index (χ4n) is 2.97. The molecule has 1 aliphatic rings. The highest BCUT2D eigenvalue weighted by molar-refractivity contribution is 14.0. The van der Waals surface area contributed by atoms with E-state index in [1.54, 1.807) is 0 Å². The molecule has 0 aromatic heterocycles. The van der Waals surface area contributed by atoms with Crippen LogP contribution in [-0.4, -0.2) is 43.1 Å². The zero-order valence-electron chi connectivity index (χ0n) is 14.4. The summed E-state index contributed by atoms with van der Waals surface area (Å²) >= 11 is 0. The van der Waals surface area contributed by atoms with E-state index < -0.39 is 11.7 Å². The first kappa shape index (κ1) is 22.0. The molecule has 0 radical (unpaired) electrons. The van der Waals surface area contributed by atoms with Crippen LogP contribution in [0.15, 0.2) is 29.3 Å². The number of nitrogens with two attached hydrogens (primary N) is 1. The van der Waals surface area contributed by atoms with Crippen molar-refractivity contribution in [2.45, 2.75) is 38.4 Å². The molecule has 4 nitrogen and oxygen atoms in total. The number of nitrogens with zero attached hydrogens (tertiary/aromatic N) is 2. The van der Waals surface area contributed by atoms with Crippen LogP contribution in [0.25, 0.3) is 0 Å². The van der Waals surface area contributed by atoms with E-state index in [1.807, 2.05) is 0 Å². The number of hydrogen-bond donors (Lipinski definition) is 2. The Kier molecular flexibility index (Phi) is 8.98. The van der Waals surface area contributed by atoms with Gasteiger partial charge in [0.25, 0.3) is 0 Å². The van der Waals surface area contributed by atoms with Gasteiger partial charge >= 0.3 is 6.18 Å². The average molecular weight is 470 g/mol. The molecule has 0 bridgehead atoms. The normalized spacial score (nSPS) is 18.9. The third-order valence-electron chi connectivity index (χ3n) is 4.38. The topological polar surface area (TPSA) is 53.6 Å². The van der Waals surface area contributed by atoms with Crippen LogP contribution < -0.4 is 11.1 Å². The van der Waals surface area contributed by atoms with Crippen molar-refractivity contribution < 1.29 is 13.2 Å². The van der Waals surface area contributed by atoms with E-state index in [2.05, 4.69) is 22.1 Å². The SMILES string of the molecule is CCN1CCCC1CN=C(N)NCCc1ccc(C(F)(F)F)cc1.I. The van der Waals surface area contributed by atoms with Crippen molar-refractivity contribution >= 4 is 29.9 Å². The molecule has 1 heterocycles. The largest absolute Gasteiger partial charge is 0.416 e. The summed E-state index contributed by atoms with van der Waals surface area (Å²) in [6, 6.07) is 5.66. The van der Waals surface area contributed by atoms with Crippen molar-refractivity contribution in [2.24, 2.45) is 10.7 Å². The first-order valence-electron chi connectivity index (χ1n) is 8.34. The lowest BCUT2D eigenvalue weighted by atomic mass is 10.1. The molecule has 0 spiro atoms. The van der Waals surface area contributed by atoms with E-state index in [4.69, 9.17) is 5.73 Å². The maximum absolute atomic E-state index is 12.5. The van der Waals surface area contributed by atoms with Gasteiger partial charge in [-0.1, -0.05) is 19.1 Å². The fraction of sp³-hybridized carbons (Fsp3) is 0.588. The van der Waals surface area contributed by atoms with Gasteiger partial charge in [0.1, 0.15) is 0 Å². The van der Waals surface area contributed by atoms with Crippen LogP contribution in [0.4, 0.5) is 13.2 Å². The minimum absolute atomic E-state index is 0. The summed E-state index contributed by atoms with van der Waals surface area (Å²) < 4.78 is 37.5. The quantitative estimate of drug-likeness (QED) is 0.382. The van der Waals surface area contributed by atoms with Crippen LogP contribution in [-0.2, 0) is 12.6 Å². The minimum Gasteiger partial charge on any atom is -0.370 e. The first-order chi connectivity index (χ1) is 11.4. The Balaban J connectivity index is 0.00000312. The summed E-state index contributed by atoms with van der Waals surface area (Å²) in [6.45, 7) is 5.53. The highest BCUT2D eigenvalue weighted by Crippen LogP contribution is 2.29. The standard InChI is InChI=1S/C17H25F3N4.HI/c1-2-24-11-3-4-15(24)12-23-16(21)22-10-9-13-5-7-14(8-6-13)17(18,19)20;/h5-8,15H,2-4,9-12H2,1H3,(H3,21,22,23);1H. The number of rotatable bonds is 6. The van der Waals surface area contributed by atoms with Crippen molar-refractivity contribution in [1.82, 2.24) is 10.2 Å². The number of guanidine groups is 1. The Bertz CT molecular complexity index is 546. The molecule has 1 unspecified atom stereocenters. The molecule has 1 atom stereocenters. The van der Waals surface area contributed by atoms with Crippen molar-refractivity contribution in [1.29, 1.82) is 0 Å². The van der Waals surface area contributed by atoms with Gasteiger partial charge < -0.3 is 11.1 Å². The number of aliphatic imine (C=N–C) groups is 1. The van der Waals surface area contributed by atoms with Crippen molar-refractivity contribution in [2.75, 3.05) is 26.2 Å². The molecule has 25 heavy (non-hydrogen) atoms. The highest BCUT2D eigenvalue weighted by atomic mass is 127. The molecule has 0 saturated carbocycles. The molecule has 1 aromatic carbocycles. The Morgan fingerprint density at radius 2 is 2.00 bits per heavy atom. The second kappa shape index (κ2) is 10.2. The third kappa shape index (κ3) is 7.01. The number of benzene rings is 1. The van der Waals surface area contributed by atoms with Gasteiger partial charge in [0.2, 0.25) is 0 Å². The van der Waals surface area contributed by atoms with E-state index in [9.17, 15) is 13.2 Å². The van der Waals surface area contributed by atoms with Crippen molar-refractivity contribution in [3.63, 3.8) is 0 Å². The smallest absolute Gasteiger partial charge is 0.370 e. The van der Waals surface area contributed by atoms with E-state index >= 15 is 0 Å². The molecular weight excluding hydrogens is 444 g/mol. The number of alkyl halides is 3. The van der Waals surface area contributed by atoms with Gasteiger partial charge in [0.05, 0.1) is 12.1 Å². The Hall–Kier alpha value is -1.03. The van der Waals surface area contributed by atoms with Crippen LogP contribution in [0.5, 0.6) is 0 Å². The summed E-state index contributed by atoms with van der Waals surface area (Å²) in [5.41, 5.74) is 6.06. The third-order valence-corrected chi connectivity index (χ3v) is 4.38. The summed E-state index contributed by atoms with van der Waals surface area (Å²) in [4.78, 5) is 6.78. The van der Waals surface area contributed by atoms with Crippen LogP contribution in [0.1, 0.15) is 30.9 Å². The molecule has 1 aromatic rings. The molecule has 1 fully saturated rings. The lowest BCUT2D eigenvalue weighted by Crippen LogP contribution is -2.36. The fourth-order valence-corrected chi connectivity index (χ4v) is 2.97. The molecule has 3 N–H and O–H groups in total. The average Bonchev–Trinajstić information content (AvgIpc) is 3.00. The van der Waals surface area contributed by atoms with Crippen molar-refractivity contribution in [3.05, 3.63) is 35.4 Å².